The molecule has 2 rings (SSSR count). The maximum Gasteiger partial charge on any atom is 0.0466 e. The van der Waals surface area contributed by atoms with Crippen LogP contribution in [0.1, 0.15) is 12.8 Å². The van der Waals surface area contributed by atoms with Gasteiger partial charge in [-0.25, -0.2) is 0 Å². The highest BCUT2D eigenvalue weighted by Gasteiger charge is 2.11. The Morgan fingerprint density at radius 1 is 1.27 bits per heavy atom. The number of hydrogen-bond donors (Lipinski definition) is 2. The summed E-state index contributed by atoms with van der Waals surface area (Å²) in [5, 5.41) is 6.29. The van der Waals surface area contributed by atoms with Crippen LogP contribution in [0, 0.1) is 0 Å². The summed E-state index contributed by atoms with van der Waals surface area (Å²) in [4.78, 5) is 0. The van der Waals surface area contributed by atoms with Gasteiger partial charge in [-0.1, -0.05) is 0 Å². The van der Waals surface area contributed by atoms with Crippen LogP contribution in [-0.2, 0) is 4.74 Å². The van der Waals surface area contributed by atoms with Gasteiger partial charge in [-0.05, 0) is 19.9 Å². The van der Waals surface area contributed by atoms with Gasteiger partial charge >= 0.3 is 0 Å². The maximum absolute atomic E-state index is 4.94. The summed E-state index contributed by atoms with van der Waals surface area (Å²) in [7, 11) is 1.99. The van der Waals surface area contributed by atoms with E-state index < -0.39 is 0 Å². The number of nitrogens with one attached hydrogen (secondary N) is 2. The van der Waals surface area contributed by atoms with Crippen molar-refractivity contribution < 1.29 is 4.74 Å². The van der Waals surface area contributed by atoms with Crippen LogP contribution in [-0.4, -0.2) is 39.4 Å². The zero-order valence-electron chi connectivity index (χ0n) is 7.23. The van der Waals surface area contributed by atoms with Crippen molar-refractivity contribution in [2.45, 2.75) is 18.9 Å². The van der Waals surface area contributed by atoms with E-state index in [1.54, 1.807) is 0 Å². The molecule has 0 atom stereocenters. The van der Waals surface area contributed by atoms with E-state index in [9.17, 15) is 0 Å². The van der Waals surface area contributed by atoms with E-state index in [4.69, 9.17) is 4.74 Å². The fraction of sp³-hybridized carbons (Fsp3) is 1.00. The van der Waals surface area contributed by atoms with Crippen molar-refractivity contribution in [3.05, 3.63) is 0 Å². The fourth-order valence-corrected chi connectivity index (χ4v) is 1.00. The molecule has 0 saturated carbocycles. The Kier molecular flexibility index (Phi) is 4.50. The van der Waals surface area contributed by atoms with Crippen molar-refractivity contribution in [2.24, 2.45) is 0 Å². The first-order valence-electron chi connectivity index (χ1n) is 4.39. The van der Waals surface area contributed by atoms with Gasteiger partial charge in [-0.2, -0.15) is 0 Å². The summed E-state index contributed by atoms with van der Waals surface area (Å²) in [5.74, 6) is 0. The van der Waals surface area contributed by atoms with Gasteiger partial charge in [0.15, 0.2) is 0 Å². The van der Waals surface area contributed by atoms with Gasteiger partial charge in [0.25, 0.3) is 0 Å². The molecule has 11 heavy (non-hydrogen) atoms. The van der Waals surface area contributed by atoms with Crippen molar-refractivity contribution in [3.8, 4) is 0 Å². The van der Waals surface area contributed by atoms with Gasteiger partial charge in [0.2, 0.25) is 0 Å². The highest BCUT2D eigenvalue weighted by molar-refractivity contribution is 4.79. The summed E-state index contributed by atoms with van der Waals surface area (Å²) in [6.45, 7) is 4.30. The molecule has 0 aromatic rings. The molecule has 2 aliphatic rings. The van der Waals surface area contributed by atoms with Gasteiger partial charge in [-0.3, -0.25) is 0 Å². The number of ether oxygens (including phenoxy) is 1. The molecule has 2 N–H and O–H groups in total. The van der Waals surface area contributed by atoms with E-state index in [1.807, 2.05) is 7.05 Å². The summed E-state index contributed by atoms with van der Waals surface area (Å²) >= 11 is 0. The molecule has 0 radical (unpaired) electrons. The lowest BCUT2D eigenvalue weighted by Gasteiger charge is -2.25. The highest BCUT2D eigenvalue weighted by Crippen LogP contribution is 1.98. The fourth-order valence-electron chi connectivity index (χ4n) is 1.00. The standard InChI is InChI=1S/C4H10N2.C4H8O/c1-5-4-2-6-3-4;1-2-4-5-3-1/h4-6H,2-3H2,1H3;1-4H2. The molecule has 0 aliphatic carbocycles. The van der Waals surface area contributed by atoms with E-state index in [-0.39, 0.29) is 0 Å². The lowest BCUT2D eigenvalue weighted by atomic mass is 10.2. The summed E-state index contributed by atoms with van der Waals surface area (Å²) < 4.78 is 4.94. The third kappa shape index (κ3) is 3.70. The van der Waals surface area contributed by atoms with Crippen LogP contribution in [0.4, 0.5) is 0 Å². The molecule has 2 heterocycles. The van der Waals surface area contributed by atoms with Crippen LogP contribution in [0.5, 0.6) is 0 Å². The first-order valence-corrected chi connectivity index (χ1v) is 4.39. The predicted molar refractivity (Wildman–Crippen MR) is 45.8 cm³/mol. The predicted octanol–water partition coefficient (Wildman–Crippen LogP) is -0.0256. The lowest BCUT2D eigenvalue weighted by Crippen LogP contribution is -2.54. The van der Waals surface area contributed by atoms with Crippen molar-refractivity contribution in [1.29, 1.82) is 0 Å². The molecule has 0 aromatic carbocycles. The Hall–Kier alpha value is -0.120. The Morgan fingerprint density at radius 3 is 2.00 bits per heavy atom. The monoisotopic (exact) mass is 158 g/mol. The number of likely N-dealkylation sites (N-methyl/N-ethyl adjacent to an activating group) is 1. The molecule has 2 aliphatic heterocycles. The Balaban J connectivity index is 0.000000112. The molecule has 2 fully saturated rings. The van der Waals surface area contributed by atoms with Crippen molar-refractivity contribution in [1.82, 2.24) is 10.6 Å². The van der Waals surface area contributed by atoms with Gasteiger partial charge < -0.3 is 15.4 Å². The molecule has 3 nitrogen and oxygen atoms in total. The maximum atomic E-state index is 4.94. The normalized spacial score (nSPS) is 23.7. The van der Waals surface area contributed by atoms with Crippen LogP contribution in [0.2, 0.25) is 0 Å². The van der Waals surface area contributed by atoms with E-state index >= 15 is 0 Å². The van der Waals surface area contributed by atoms with Gasteiger partial charge in [0, 0.05) is 32.3 Å². The van der Waals surface area contributed by atoms with Gasteiger partial charge in [0.1, 0.15) is 0 Å². The second kappa shape index (κ2) is 5.52. The molecule has 3 heteroatoms. The molecule has 0 bridgehead atoms. The number of rotatable bonds is 1. The Bertz CT molecular complexity index is 79.7. The molecular weight excluding hydrogens is 140 g/mol. The molecule has 66 valence electrons. The molecule has 2 saturated heterocycles. The van der Waals surface area contributed by atoms with Gasteiger partial charge in [-0.15, -0.1) is 0 Å². The Morgan fingerprint density at radius 2 is 1.91 bits per heavy atom. The van der Waals surface area contributed by atoms with Crippen molar-refractivity contribution in [3.63, 3.8) is 0 Å². The average molecular weight is 158 g/mol. The second-order valence-corrected chi connectivity index (χ2v) is 2.96. The van der Waals surface area contributed by atoms with Gasteiger partial charge in [0.05, 0.1) is 0 Å². The van der Waals surface area contributed by atoms with E-state index in [0.29, 0.717) is 0 Å². The van der Waals surface area contributed by atoms with Crippen LogP contribution < -0.4 is 10.6 Å². The third-order valence-corrected chi connectivity index (χ3v) is 2.02. The largest absolute Gasteiger partial charge is 0.381 e. The smallest absolute Gasteiger partial charge is 0.0466 e. The SMILES string of the molecule is C1CCOC1.CNC1CNC1. The van der Waals surface area contributed by atoms with Crippen LogP contribution >= 0.6 is 0 Å². The number of hydrogen-bond acceptors (Lipinski definition) is 3. The van der Waals surface area contributed by atoms with Crippen LogP contribution in [0.15, 0.2) is 0 Å². The minimum absolute atomic E-state index is 0.755. The summed E-state index contributed by atoms with van der Waals surface area (Å²) in [6.07, 6.45) is 2.56. The third-order valence-electron chi connectivity index (χ3n) is 2.02. The second-order valence-electron chi connectivity index (χ2n) is 2.96. The Labute approximate surface area is 68.5 Å². The first-order chi connectivity index (χ1) is 5.43. The minimum Gasteiger partial charge on any atom is -0.381 e. The van der Waals surface area contributed by atoms with Crippen LogP contribution in [0.3, 0.4) is 0 Å². The molecule has 0 aromatic heterocycles. The van der Waals surface area contributed by atoms with E-state index in [0.717, 1.165) is 32.3 Å². The zero-order valence-corrected chi connectivity index (χ0v) is 7.23. The minimum atomic E-state index is 0.755. The lowest BCUT2D eigenvalue weighted by molar-refractivity contribution is 0.198. The molecular formula is C8H18N2O. The summed E-state index contributed by atoms with van der Waals surface area (Å²) in [5.41, 5.74) is 0. The zero-order chi connectivity index (χ0) is 7.94. The van der Waals surface area contributed by atoms with E-state index in [1.165, 1.54) is 12.8 Å². The topological polar surface area (TPSA) is 33.3 Å². The highest BCUT2D eigenvalue weighted by atomic mass is 16.5. The van der Waals surface area contributed by atoms with Crippen molar-refractivity contribution >= 4 is 0 Å². The summed E-state index contributed by atoms with van der Waals surface area (Å²) in [6, 6.07) is 0.755. The van der Waals surface area contributed by atoms with Crippen molar-refractivity contribution in [2.75, 3.05) is 33.4 Å². The molecule has 0 spiro atoms. The van der Waals surface area contributed by atoms with Crippen LogP contribution in [0.25, 0.3) is 0 Å². The van der Waals surface area contributed by atoms with E-state index in [2.05, 4.69) is 10.6 Å². The quantitative estimate of drug-likeness (QED) is 0.562. The molecule has 0 amide bonds. The molecule has 0 unspecified atom stereocenters. The average Bonchev–Trinajstić information content (AvgIpc) is 2.39. The first kappa shape index (κ1) is 8.97.